The van der Waals surface area contributed by atoms with Crippen LogP contribution in [0, 0.1) is 5.41 Å². The van der Waals surface area contributed by atoms with Gasteiger partial charge in [0.05, 0.1) is 16.8 Å². The summed E-state index contributed by atoms with van der Waals surface area (Å²) in [7, 11) is 0. The van der Waals surface area contributed by atoms with Crippen LogP contribution in [0.1, 0.15) is 20.3 Å². The highest BCUT2D eigenvalue weighted by Crippen LogP contribution is 2.34. The number of halogens is 1. The van der Waals surface area contributed by atoms with Crippen molar-refractivity contribution in [1.29, 1.82) is 0 Å². The maximum absolute atomic E-state index is 9.91. The third-order valence-corrected chi connectivity index (χ3v) is 3.69. The Labute approximate surface area is 102 Å². The molecule has 16 heavy (non-hydrogen) atoms. The molecule has 0 saturated carbocycles. The van der Waals surface area contributed by atoms with Crippen molar-refractivity contribution in [3.05, 3.63) is 29.3 Å². The predicted molar refractivity (Wildman–Crippen MR) is 68.1 cm³/mol. The molecule has 1 heterocycles. The second-order valence-electron chi connectivity index (χ2n) is 5.17. The van der Waals surface area contributed by atoms with Gasteiger partial charge in [-0.1, -0.05) is 37.6 Å². The van der Waals surface area contributed by atoms with Crippen LogP contribution in [0.3, 0.4) is 0 Å². The quantitative estimate of drug-likeness (QED) is 0.815. The second kappa shape index (κ2) is 4.27. The van der Waals surface area contributed by atoms with Gasteiger partial charge in [0.2, 0.25) is 0 Å². The molecule has 1 saturated heterocycles. The summed E-state index contributed by atoms with van der Waals surface area (Å²) in [5, 5.41) is 10.7. The molecule has 0 spiro atoms. The van der Waals surface area contributed by atoms with Crippen molar-refractivity contribution in [1.82, 2.24) is 0 Å². The Morgan fingerprint density at radius 3 is 2.69 bits per heavy atom. The van der Waals surface area contributed by atoms with Crippen LogP contribution in [-0.2, 0) is 0 Å². The van der Waals surface area contributed by atoms with Gasteiger partial charge in [-0.25, -0.2) is 0 Å². The lowest BCUT2D eigenvalue weighted by molar-refractivity contribution is 0.0336. The summed E-state index contributed by atoms with van der Waals surface area (Å²) in [4.78, 5) is 2.26. The number of piperidine rings is 1. The van der Waals surface area contributed by atoms with Gasteiger partial charge in [0, 0.05) is 18.5 Å². The first-order valence-corrected chi connectivity index (χ1v) is 6.06. The monoisotopic (exact) mass is 239 g/mol. The number of hydrogen-bond donors (Lipinski definition) is 1. The zero-order valence-corrected chi connectivity index (χ0v) is 10.5. The van der Waals surface area contributed by atoms with Crippen LogP contribution in [0.2, 0.25) is 5.02 Å². The maximum atomic E-state index is 9.91. The van der Waals surface area contributed by atoms with E-state index in [-0.39, 0.29) is 11.5 Å². The van der Waals surface area contributed by atoms with E-state index >= 15 is 0 Å². The van der Waals surface area contributed by atoms with E-state index in [1.165, 1.54) is 0 Å². The van der Waals surface area contributed by atoms with Crippen LogP contribution < -0.4 is 4.90 Å². The summed E-state index contributed by atoms with van der Waals surface area (Å²) in [6, 6.07) is 7.89. The lowest BCUT2D eigenvalue weighted by Crippen LogP contribution is -2.48. The van der Waals surface area contributed by atoms with Gasteiger partial charge in [-0.05, 0) is 18.6 Å². The Morgan fingerprint density at radius 2 is 2.06 bits per heavy atom. The van der Waals surface area contributed by atoms with Crippen molar-refractivity contribution >= 4 is 17.3 Å². The van der Waals surface area contributed by atoms with E-state index in [1.807, 2.05) is 24.3 Å². The van der Waals surface area contributed by atoms with Crippen molar-refractivity contribution in [3.63, 3.8) is 0 Å². The lowest BCUT2D eigenvalue weighted by Gasteiger charge is -2.43. The third kappa shape index (κ3) is 2.18. The normalized spacial score (nSPS) is 24.5. The average molecular weight is 240 g/mol. The molecule has 1 N–H and O–H groups in total. The molecule has 0 amide bonds. The highest BCUT2D eigenvalue weighted by molar-refractivity contribution is 6.33. The molecule has 0 radical (unpaired) electrons. The standard InChI is InChI=1S/C13H18ClNO/c1-13(2)9-15(8-7-12(13)16)11-6-4-3-5-10(11)14/h3-6,12,16H,7-9H2,1-2H3. The first-order chi connectivity index (χ1) is 7.50. The molecule has 1 fully saturated rings. The molecule has 1 unspecified atom stereocenters. The molecule has 1 aromatic carbocycles. The summed E-state index contributed by atoms with van der Waals surface area (Å²) in [6.07, 6.45) is 0.587. The number of hydrogen-bond acceptors (Lipinski definition) is 2. The number of aliphatic hydroxyl groups excluding tert-OH is 1. The Kier molecular flexibility index (Phi) is 3.13. The average Bonchev–Trinajstić information content (AvgIpc) is 2.23. The summed E-state index contributed by atoms with van der Waals surface area (Å²) in [6.45, 7) is 5.91. The zero-order chi connectivity index (χ0) is 11.8. The lowest BCUT2D eigenvalue weighted by atomic mass is 9.81. The minimum atomic E-state index is -0.216. The minimum absolute atomic E-state index is 0.0720. The van der Waals surface area contributed by atoms with Crippen LogP contribution in [0.25, 0.3) is 0 Å². The highest BCUT2D eigenvalue weighted by atomic mass is 35.5. The number of anilines is 1. The van der Waals surface area contributed by atoms with Crippen molar-refractivity contribution < 1.29 is 5.11 Å². The van der Waals surface area contributed by atoms with Gasteiger partial charge in [-0.2, -0.15) is 0 Å². The van der Waals surface area contributed by atoms with Gasteiger partial charge >= 0.3 is 0 Å². The number of nitrogens with zero attached hydrogens (tertiary/aromatic N) is 1. The Morgan fingerprint density at radius 1 is 1.38 bits per heavy atom. The van der Waals surface area contributed by atoms with Crippen LogP contribution in [0.4, 0.5) is 5.69 Å². The Balaban J connectivity index is 2.21. The van der Waals surface area contributed by atoms with Crippen LogP contribution in [-0.4, -0.2) is 24.3 Å². The molecule has 88 valence electrons. The van der Waals surface area contributed by atoms with Crippen LogP contribution >= 0.6 is 11.6 Å². The van der Waals surface area contributed by atoms with E-state index in [9.17, 15) is 5.11 Å². The number of benzene rings is 1. The molecule has 2 nitrogen and oxygen atoms in total. The highest BCUT2D eigenvalue weighted by Gasteiger charge is 2.34. The number of rotatable bonds is 1. The van der Waals surface area contributed by atoms with Gasteiger partial charge in [0.25, 0.3) is 0 Å². The SMILES string of the molecule is CC1(C)CN(c2ccccc2Cl)CCC1O. The van der Waals surface area contributed by atoms with Crippen LogP contribution in [0.15, 0.2) is 24.3 Å². The number of para-hydroxylation sites is 1. The van der Waals surface area contributed by atoms with Crippen molar-refractivity contribution in [3.8, 4) is 0 Å². The van der Waals surface area contributed by atoms with Crippen molar-refractivity contribution in [2.75, 3.05) is 18.0 Å². The van der Waals surface area contributed by atoms with Gasteiger partial charge in [-0.15, -0.1) is 0 Å². The van der Waals surface area contributed by atoms with E-state index in [4.69, 9.17) is 11.6 Å². The molecular weight excluding hydrogens is 222 g/mol. The third-order valence-electron chi connectivity index (χ3n) is 3.37. The summed E-state index contributed by atoms with van der Waals surface area (Å²) in [5.74, 6) is 0. The van der Waals surface area contributed by atoms with Gasteiger partial charge in [-0.3, -0.25) is 0 Å². The van der Waals surface area contributed by atoms with E-state index in [0.29, 0.717) is 0 Å². The maximum Gasteiger partial charge on any atom is 0.0639 e. The van der Waals surface area contributed by atoms with Crippen molar-refractivity contribution in [2.24, 2.45) is 5.41 Å². The molecule has 0 bridgehead atoms. The van der Waals surface area contributed by atoms with E-state index in [2.05, 4.69) is 18.7 Å². The topological polar surface area (TPSA) is 23.5 Å². The molecule has 2 rings (SSSR count). The largest absolute Gasteiger partial charge is 0.392 e. The molecule has 1 aliphatic heterocycles. The van der Waals surface area contributed by atoms with E-state index in [1.54, 1.807) is 0 Å². The Bertz CT molecular complexity index is 378. The van der Waals surface area contributed by atoms with E-state index in [0.717, 1.165) is 30.2 Å². The van der Waals surface area contributed by atoms with Crippen molar-refractivity contribution in [2.45, 2.75) is 26.4 Å². The smallest absolute Gasteiger partial charge is 0.0639 e. The summed E-state index contributed by atoms with van der Waals surface area (Å²) >= 11 is 6.18. The molecule has 0 aliphatic carbocycles. The second-order valence-corrected chi connectivity index (χ2v) is 5.57. The van der Waals surface area contributed by atoms with Gasteiger partial charge < -0.3 is 10.0 Å². The minimum Gasteiger partial charge on any atom is -0.392 e. The first-order valence-electron chi connectivity index (χ1n) is 5.68. The molecule has 1 aliphatic rings. The molecule has 1 aromatic rings. The molecular formula is C13H18ClNO. The summed E-state index contributed by atoms with van der Waals surface area (Å²) in [5.41, 5.74) is 1.00. The number of aliphatic hydroxyl groups is 1. The van der Waals surface area contributed by atoms with Crippen LogP contribution in [0.5, 0.6) is 0 Å². The Hall–Kier alpha value is -0.730. The predicted octanol–water partition coefficient (Wildman–Crippen LogP) is 2.94. The molecule has 0 aromatic heterocycles. The fourth-order valence-corrected chi connectivity index (χ4v) is 2.51. The van der Waals surface area contributed by atoms with Gasteiger partial charge in [0.1, 0.15) is 0 Å². The molecule has 1 atom stereocenters. The van der Waals surface area contributed by atoms with E-state index < -0.39 is 0 Å². The fraction of sp³-hybridized carbons (Fsp3) is 0.538. The summed E-state index contributed by atoms with van der Waals surface area (Å²) < 4.78 is 0. The molecule has 3 heteroatoms. The first kappa shape index (κ1) is 11.7. The zero-order valence-electron chi connectivity index (χ0n) is 9.78. The van der Waals surface area contributed by atoms with Gasteiger partial charge in [0.15, 0.2) is 0 Å². The fourth-order valence-electron chi connectivity index (χ4n) is 2.26.